The highest BCUT2D eigenvalue weighted by Gasteiger charge is 2.34. The van der Waals surface area contributed by atoms with Crippen LogP contribution < -0.4 is 0 Å². The molecule has 0 radical (unpaired) electrons. The summed E-state index contributed by atoms with van der Waals surface area (Å²) in [5, 5.41) is 0. The molecule has 0 bridgehead atoms. The average Bonchev–Trinajstić information content (AvgIpc) is 2.49. The molecule has 100 valence electrons. The maximum atomic E-state index is 2.25. The van der Waals surface area contributed by atoms with Crippen molar-refractivity contribution in [3.63, 3.8) is 0 Å². The van der Waals surface area contributed by atoms with Crippen LogP contribution in [0.15, 0.2) is 60.7 Å². The Bertz CT molecular complexity index is 432. The number of hydrogen-bond acceptors (Lipinski definition) is 2. The molecular formula is C17H20S2. The Morgan fingerprint density at radius 1 is 0.684 bits per heavy atom. The van der Waals surface area contributed by atoms with Gasteiger partial charge in [0.1, 0.15) is 4.08 Å². The van der Waals surface area contributed by atoms with E-state index in [1.807, 2.05) is 23.5 Å². The number of thioether (sulfide) groups is 2. The lowest BCUT2D eigenvalue weighted by atomic mass is 10.0. The monoisotopic (exact) mass is 288 g/mol. The first-order valence-electron chi connectivity index (χ1n) is 6.72. The van der Waals surface area contributed by atoms with Gasteiger partial charge >= 0.3 is 0 Å². The van der Waals surface area contributed by atoms with Gasteiger partial charge in [0, 0.05) is 0 Å². The highest BCUT2D eigenvalue weighted by Crippen LogP contribution is 2.51. The summed E-state index contributed by atoms with van der Waals surface area (Å²) in [5.74, 6) is 2.22. The summed E-state index contributed by atoms with van der Waals surface area (Å²) in [6.45, 7) is 4.48. The van der Waals surface area contributed by atoms with Crippen molar-refractivity contribution in [2.24, 2.45) is 0 Å². The molecule has 0 aliphatic heterocycles. The van der Waals surface area contributed by atoms with E-state index in [1.54, 1.807) is 0 Å². The van der Waals surface area contributed by atoms with E-state index in [9.17, 15) is 0 Å². The molecule has 2 rings (SSSR count). The highest BCUT2D eigenvalue weighted by atomic mass is 32.2. The van der Waals surface area contributed by atoms with Crippen molar-refractivity contribution in [3.05, 3.63) is 71.8 Å². The topological polar surface area (TPSA) is 0 Å². The fourth-order valence-corrected chi connectivity index (χ4v) is 5.33. The first-order chi connectivity index (χ1) is 9.33. The Morgan fingerprint density at radius 2 is 1.05 bits per heavy atom. The molecule has 0 unspecified atom stereocenters. The molecule has 0 fully saturated rings. The molecule has 0 saturated carbocycles. The fourth-order valence-electron chi connectivity index (χ4n) is 2.26. The maximum Gasteiger partial charge on any atom is 0.111 e. The van der Waals surface area contributed by atoms with E-state index in [0.29, 0.717) is 0 Å². The Labute approximate surface area is 125 Å². The van der Waals surface area contributed by atoms with Crippen LogP contribution in [0.25, 0.3) is 0 Å². The Morgan fingerprint density at radius 3 is 1.37 bits per heavy atom. The number of rotatable bonds is 6. The lowest BCUT2D eigenvalue weighted by molar-refractivity contribution is 1.07. The molecule has 0 aromatic heterocycles. The SMILES string of the molecule is CCSC(SCC)(c1ccccc1)c1ccccc1. The molecule has 2 heteroatoms. The molecule has 0 spiro atoms. The van der Waals surface area contributed by atoms with Gasteiger partial charge in [-0.3, -0.25) is 0 Å². The summed E-state index contributed by atoms with van der Waals surface area (Å²) in [4.78, 5) is 0. The second-order valence-electron chi connectivity index (χ2n) is 4.21. The maximum absolute atomic E-state index is 2.25. The summed E-state index contributed by atoms with van der Waals surface area (Å²) in [7, 11) is 0. The van der Waals surface area contributed by atoms with Crippen molar-refractivity contribution in [2.45, 2.75) is 17.9 Å². The van der Waals surface area contributed by atoms with Gasteiger partial charge in [0.25, 0.3) is 0 Å². The normalized spacial score (nSPS) is 11.5. The van der Waals surface area contributed by atoms with E-state index in [1.165, 1.54) is 11.1 Å². The quantitative estimate of drug-likeness (QED) is 0.653. The van der Waals surface area contributed by atoms with E-state index < -0.39 is 0 Å². The third kappa shape index (κ3) is 3.18. The molecule has 19 heavy (non-hydrogen) atoms. The number of hydrogen-bond donors (Lipinski definition) is 0. The molecule has 0 nitrogen and oxygen atoms in total. The summed E-state index contributed by atoms with van der Waals surface area (Å²) >= 11 is 4.04. The lowest BCUT2D eigenvalue weighted by Gasteiger charge is -2.33. The van der Waals surface area contributed by atoms with Crippen molar-refractivity contribution in [2.75, 3.05) is 11.5 Å². The molecule has 0 saturated heterocycles. The third-order valence-electron chi connectivity index (χ3n) is 3.00. The summed E-state index contributed by atoms with van der Waals surface area (Å²) in [5.41, 5.74) is 2.78. The zero-order valence-electron chi connectivity index (χ0n) is 11.5. The van der Waals surface area contributed by atoms with Crippen molar-refractivity contribution >= 4 is 23.5 Å². The van der Waals surface area contributed by atoms with Crippen molar-refractivity contribution in [1.29, 1.82) is 0 Å². The van der Waals surface area contributed by atoms with Gasteiger partial charge in [-0.05, 0) is 22.6 Å². The molecule has 0 aliphatic rings. The summed E-state index contributed by atoms with van der Waals surface area (Å²) < 4.78 is 0.0199. The second kappa shape index (κ2) is 7.06. The molecule has 2 aromatic carbocycles. The Hall–Kier alpha value is -0.860. The van der Waals surface area contributed by atoms with E-state index in [0.717, 1.165) is 11.5 Å². The first-order valence-corrected chi connectivity index (χ1v) is 8.69. The predicted molar refractivity (Wildman–Crippen MR) is 89.9 cm³/mol. The standard InChI is InChI=1S/C17H20S2/c1-3-18-17(19-4-2,15-11-7-5-8-12-15)16-13-9-6-10-14-16/h5-14H,3-4H2,1-2H3. The molecule has 0 N–H and O–H groups in total. The fraction of sp³-hybridized carbons (Fsp3) is 0.294. The summed E-state index contributed by atoms with van der Waals surface area (Å²) in [6, 6.07) is 21.7. The lowest BCUT2D eigenvalue weighted by Crippen LogP contribution is -2.20. The van der Waals surface area contributed by atoms with Crippen LogP contribution >= 0.6 is 23.5 Å². The van der Waals surface area contributed by atoms with Crippen LogP contribution in [0.1, 0.15) is 25.0 Å². The van der Waals surface area contributed by atoms with E-state index in [4.69, 9.17) is 0 Å². The van der Waals surface area contributed by atoms with Crippen LogP contribution in [0.3, 0.4) is 0 Å². The van der Waals surface area contributed by atoms with E-state index in [2.05, 4.69) is 74.5 Å². The molecule has 0 amide bonds. The number of benzene rings is 2. The van der Waals surface area contributed by atoms with Crippen LogP contribution in [0.5, 0.6) is 0 Å². The minimum atomic E-state index is 0.0199. The Balaban J connectivity index is 2.54. The molecule has 0 heterocycles. The van der Waals surface area contributed by atoms with Gasteiger partial charge in [0.15, 0.2) is 0 Å². The van der Waals surface area contributed by atoms with Crippen LogP contribution in [0, 0.1) is 0 Å². The van der Waals surface area contributed by atoms with Crippen molar-refractivity contribution in [1.82, 2.24) is 0 Å². The van der Waals surface area contributed by atoms with Crippen molar-refractivity contribution < 1.29 is 0 Å². The van der Waals surface area contributed by atoms with Crippen LogP contribution in [-0.2, 0) is 4.08 Å². The highest BCUT2D eigenvalue weighted by molar-refractivity contribution is 8.17. The van der Waals surface area contributed by atoms with E-state index in [-0.39, 0.29) is 4.08 Å². The first kappa shape index (κ1) is 14.5. The smallest absolute Gasteiger partial charge is 0.111 e. The van der Waals surface area contributed by atoms with Gasteiger partial charge in [-0.2, -0.15) is 0 Å². The molecule has 0 aliphatic carbocycles. The van der Waals surface area contributed by atoms with Crippen LogP contribution in [0.2, 0.25) is 0 Å². The third-order valence-corrected chi connectivity index (χ3v) is 6.04. The molecule has 0 atom stereocenters. The zero-order chi connectivity index (χ0) is 13.6. The average molecular weight is 288 g/mol. The largest absolute Gasteiger partial charge is 0.135 e. The minimum Gasteiger partial charge on any atom is -0.135 e. The zero-order valence-corrected chi connectivity index (χ0v) is 13.1. The van der Waals surface area contributed by atoms with Crippen molar-refractivity contribution in [3.8, 4) is 0 Å². The molecular weight excluding hydrogens is 268 g/mol. The van der Waals surface area contributed by atoms with Gasteiger partial charge in [0.2, 0.25) is 0 Å². The van der Waals surface area contributed by atoms with E-state index >= 15 is 0 Å². The predicted octanol–water partition coefficient (Wildman–Crippen LogP) is 5.39. The van der Waals surface area contributed by atoms with Gasteiger partial charge in [-0.25, -0.2) is 0 Å². The second-order valence-corrected chi connectivity index (χ2v) is 7.43. The summed E-state index contributed by atoms with van der Waals surface area (Å²) in [6.07, 6.45) is 0. The van der Waals surface area contributed by atoms with Gasteiger partial charge in [-0.1, -0.05) is 74.5 Å². The Kier molecular flexibility index (Phi) is 5.41. The van der Waals surface area contributed by atoms with Crippen LogP contribution in [-0.4, -0.2) is 11.5 Å². The van der Waals surface area contributed by atoms with Gasteiger partial charge < -0.3 is 0 Å². The minimum absolute atomic E-state index is 0.0199. The van der Waals surface area contributed by atoms with Crippen LogP contribution in [0.4, 0.5) is 0 Å². The van der Waals surface area contributed by atoms with Gasteiger partial charge in [0.05, 0.1) is 0 Å². The van der Waals surface area contributed by atoms with Gasteiger partial charge in [-0.15, -0.1) is 23.5 Å². The molecule has 2 aromatic rings.